The molecule has 7 nitrogen and oxygen atoms in total. The molecule has 4 rings (SSSR count). The number of hydrogen-bond donors (Lipinski definition) is 4. The van der Waals surface area contributed by atoms with Crippen molar-refractivity contribution in [2.24, 2.45) is 0 Å². The molecule has 0 fully saturated rings. The lowest BCUT2D eigenvalue weighted by Gasteiger charge is -2.12. The van der Waals surface area contributed by atoms with Crippen LogP contribution in [0.5, 0.6) is 0 Å². The molecule has 160 valence electrons. The Balaban J connectivity index is 1.55. The monoisotopic (exact) mass is 449 g/mol. The summed E-state index contributed by atoms with van der Waals surface area (Å²) < 4.78 is 38.6. The number of allylic oxidation sites excluding steroid dienone is 2. The maximum atomic E-state index is 12.2. The average Bonchev–Trinajstić information content (AvgIpc) is 3.16. The molecule has 3 heterocycles. The van der Waals surface area contributed by atoms with E-state index in [4.69, 9.17) is 11.6 Å². The van der Waals surface area contributed by atoms with E-state index in [2.05, 4.69) is 15.7 Å². The Morgan fingerprint density at radius 2 is 2.03 bits per heavy atom. The topological polar surface area (TPSA) is 87.1 Å². The lowest BCUT2D eigenvalue weighted by molar-refractivity contribution is -0.644. The van der Waals surface area contributed by atoms with Gasteiger partial charge in [-0.1, -0.05) is 12.1 Å². The van der Waals surface area contributed by atoms with Crippen molar-refractivity contribution in [2.45, 2.75) is 6.18 Å². The fraction of sp³-hybridized carbons (Fsp3) is 0.100. The number of anilines is 1. The van der Waals surface area contributed by atoms with Gasteiger partial charge in [0.1, 0.15) is 12.2 Å². The van der Waals surface area contributed by atoms with Crippen LogP contribution in [0.25, 0.3) is 22.6 Å². The van der Waals surface area contributed by atoms with Crippen molar-refractivity contribution in [3.05, 3.63) is 71.7 Å². The molecule has 0 saturated carbocycles. The van der Waals surface area contributed by atoms with Gasteiger partial charge < -0.3 is 10.6 Å². The molecule has 0 spiro atoms. The van der Waals surface area contributed by atoms with Crippen molar-refractivity contribution in [1.29, 1.82) is 0 Å². The van der Waals surface area contributed by atoms with Gasteiger partial charge >= 0.3 is 12.2 Å². The molecule has 0 unspecified atom stereocenters. The van der Waals surface area contributed by atoms with Crippen molar-refractivity contribution in [1.82, 2.24) is 20.1 Å². The smallest absolute Gasteiger partial charge is 0.329 e. The quantitative estimate of drug-likeness (QED) is 0.364. The third-order valence-corrected chi connectivity index (χ3v) is 4.70. The molecule has 0 atom stereocenters. The normalized spacial score (nSPS) is 13.9. The first-order valence-corrected chi connectivity index (χ1v) is 9.53. The number of amides is 2. The van der Waals surface area contributed by atoms with Crippen molar-refractivity contribution in [2.75, 3.05) is 11.9 Å². The minimum absolute atomic E-state index is 0.361. The van der Waals surface area contributed by atoms with Crippen molar-refractivity contribution >= 4 is 34.7 Å². The number of imidazole rings is 1. The molecule has 1 aromatic carbocycles. The summed E-state index contributed by atoms with van der Waals surface area (Å²) in [5.74, 6) is 0. The molecule has 11 heteroatoms. The number of aromatic nitrogens is 2. The summed E-state index contributed by atoms with van der Waals surface area (Å²) in [4.78, 5) is 16.2. The van der Waals surface area contributed by atoms with Crippen molar-refractivity contribution < 1.29 is 23.4 Å². The van der Waals surface area contributed by atoms with E-state index in [1.807, 2.05) is 34.9 Å². The van der Waals surface area contributed by atoms with Crippen LogP contribution in [-0.4, -0.2) is 28.1 Å². The molecule has 0 radical (unpaired) electrons. The third-order valence-electron chi connectivity index (χ3n) is 4.46. The highest BCUT2D eigenvalue weighted by atomic mass is 35.5. The molecular weight excluding hydrogens is 433 g/mol. The molecule has 0 aliphatic carbocycles. The van der Waals surface area contributed by atoms with E-state index in [0.29, 0.717) is 16.5 Å². The summed E-state index contributed by atoms with van der Waals surface area (Å²) in [7, 11) is 0. The van der Waals surface area contributed by atoms with Gasteiger partial charge in [0.05, 0.1) is 17.6 Å². The average molecular weight is 450 g/mol. The molecular formula is C20H17ClF3N6O+. The standard InChI is InChI=1S/C20H16ClF3N6O/c21-17-5-4-15(28-29-17)12-6-7-30-16(10-25-18(30)9-12)13-2-1-3-14(8-13)27-19(31)26-11-20(22,23)24/h1-10,28-29H,11H2,(H2,26,27,31)/p+1. The van der Waals surface area contributed by atoms with E-state index in [0.717, 1.165) is 22.5 Å². The van der Waals surface area contributed by atoms with Crippen LogP contribution in [0.1, 0.15) is 5.56 Å². The first-order chi connectivity index (χ1) is 14.8. The van der Waals surface area contributed by atoms with Crippen LogP contribution < -0.4 is 21.5 Å². The van der Waals surface area contributed by atoms with Gasteiger partial charge in [-0.25, -0.2) is 20.6 Å². The van der Waals surface area contributed by atoms with Crippen LogP contribution in [0.3, 0.4) is 0 Å². The van der Waals surface area contributed by atoms with Gasteiger partial charge in [0.15, 0.2) is 0 Å². The SMILES string of the molecule is O=C(NCC(F)(F)F)Nc1cccc(-c2cnc3cc(C4=CC=C(Cl)[NH2+]N4)ccn23)c1. The number of carbonyl (C=O) groups excluding carboxylic acids is 1. The van der Waals surface area contributed by atoms with Crippen LogP contribution in [-0.2, 0) is 0 Å². The fourth-order valence-corrected chi connectivity index (χ4v) is 3.18. The van der Waals surface area contributed by atoms with Crippen LogP contribution >= 0.6 is 11.6 Å². The van der Waals surface area contributed by atoms with Crippen LogP contribution in [0.2, 0.25) is 0 Å². The van der Waals surface area contributed by atoms with Gasteiger partial charge in [-0.15, -0.1) is 0 Å². The van der Waals surface area contributed by atoms with Gasteiger partial charge in [0.25, 0.3) is 0 Å². The Labute approximate surface area is 179 Å². The van der Waals surface area contributed by atoms with Crippen molar-refractivity contribution in [3.63, 3.8) is 0 Å². The number of nitrogens with two attached hydrogens (primary N) is 1. The predicted molar refractivity (Wildman–Crippen MR) is 111 cm³/mol. The summed E-state index contributed by atoms with van der Waals surface area (Å²) in [5, 5.41) is 4.79. The zero-order valence-electron chi connectivity index (χ0n) is 15.9. The molecule has 3 aromatic rings. The number of carbonyl (C=O) groups is 1. The molecule has 5 N–H and O–H groups in total. The second-order valence-corrected chi connectivity index (χ2v) is 7.15. The van der Waals surface area contributed by atoms with E-state index in [1.165, 1.54) is 0 Å². The number of rotatable bonds is 4. The minimum Gasteiger partial charge on any atom is -0.329 e. The molecule has 2 aromatic heterocycles. The highest BCUT2D eigenvalue weighted by Crippen LogP contribution is 2.25. The lowest BCUT2D eigenvalue weighted by Crippen LogP contribution is -2.90. The highest BCUT2D eigenvalue weighted by Gasteiger charge is 2.27. The van der Waals surface area contributed by atoms with Crippen molar-refractivity contribution in [3.8, 4) is 11.3 Å². The van der Waals surface area contributed by atoms with E-state index in [-0.39, 0.29) is 0 Å². The van der Waals surface area contributed by atoms with Gasteiger partial charge in [-0.05, 0) is 41.9 Å². The predicted octanol–water partition coefficient (Wildman–Crippen LogP) is 3.19. The van der Waals surface area contributed by atoms with E-state index < -0.39 is 18.8 Å². The largest absolute Gasteiger partial charge is 0.405 e. The lowest BCUT2D eigenvalue weighted by atomic mass is 10.1. The van der Waals surface area contributed by atoms with Crippen LogP contribution in [0.4, 0.5) is 23.7 Å². The Morgan fingerprint density at radius 1 is 1.19 bits per heavy atom. The van der Waals surface area contributed by atoms with Crippen LogP contribution in [0.15, 0.2) is 66.1 Å². The van der Waals surface area contributed by atoms with Gasteiger partial charge in [-0.3, -0.25) is 4.40 Å². The Morgan fingerprint density at radius 3 is 2.77 bits per heavy atom. The number of halogens is 4. The fourth-order valence-electron chi connectivity index (χ4n) is 3.06. The molecule has 0 saturated heterocycles. The van der Waals surface area contributed by atoms with E-state index in [1.54, 1.807) is 41.2 Å². The highest BCUT2D eigenvalue weighted by molar-refractivity contribution is 6.28. The molecule has 0 bridgehead atoms. The molecule has 2 amide bonds. The summed E-state index contributed by atoms with van der Waals surface area (Å²) in [6.07, 6.45) is 2.74. The number of benzene rings is 1. The number of nitrogens with one attached hydrogen (secondary N) is 3. The number of nitrogens with zero attached hydrogens (tertiary/aromatic N) is 2. The first kappa shape index (κ1) is 20.8. The zero-order chi connectivity index (χ0) is 22.0. The summed E-state index contributed by atoms with van der Waals surface area (Å²) in [6, 6.07) is 9.68. The molecule has 1 aliphatic heterocycles. The van der Waals surface area contributed by atoms with Gasteiger partial charge in [-0.2, -0.15) is 13.2 Å². The second-order valence-electron chi connectivity index (χ2n) is 6.71. The van der Waals surface area contributed by atoms with Gasteiger partial charge in [0.2, 0.25) is 5.16 Å². The number of pyridine rings is 1. The molecule has 31 heavy (non-hydrogen) atoms. The first-order valence-electron chi connectivity index (χ1n) is 9.15. The number of fused-ring (bicyclic) bond motifs is 1. The number of urea groups is 1. The van der Waals surface area contributed by atoms with E-state index >= 15 is 0 Å². The maximum absolute atomic E-state index is 12.2. The van der Waals surface area contributed by atoms with E-state index in [9.17, 15) is 18.0 Å². The summed E-state index contributed by atoms with van der Waals surface area (Å²) in [5.41, 5.74) is 9.20. The number of alkyl halides is 3. The zero-order valence-corrected chi connectivity index (χ0v) is 16.6. The molecule has 1 aliphatic rings. The number of hydrogen-bond acceptors (Lipinski definition) is 3. The Kier molecular flexibility index (Phi) is 5.57. The third kappa shape index (κ3) is 4.98. The van der Waals surface area contributed by atoms with Gasteiger partial charge in [0, 0.05) is 29.1 Å². The summed E-state index contributed by atoms with van der Waals surface area (Å²) >= 11 is 5.92. The van der Waals surface area contributed by atoms with Crippen LogP contribution in [0, 0.1) is 0 Å². The Hall–Kier alpha value is -3.50. The maximum Gasteiger partial charge on any atom is 0.405 e. The minimum atomic E-state index is -4.47. The Bertz CT molecular complexity index is 1200. The second kappa shape index (κ2) is 8.32. The summed E-state index contributed by atoms with van der Waals surface area (Å²) in [6.45, 7) is -1.40. The number of quaternary nitrogens is 1.